The van der Waals surface area contributed by atoms with Crippen molar-refractivity contribution in [3.63, 3.8) is 0 Å². The van der Waals surface area contributed by atoms with Crippen molar-refractivity contribution in [3.05, 3.63) is 0 Å². The van der Waals surface area contributed by atoms with Gasteiger partial charge in [0.1, 0.15) is 0 Å². The summed E-state index contributed by atoms with van der Waals surface area (Å²) in [6.07, 6.45) is 0. The summed E-state index contributed by atoms with van der Waals surface area (Å²) in [5, 5.41) is 3.14. The van der Waals surface area contributed by atoms with Gasteiger partial charge in [0.25, 0.3) is 0 Å². The van der Waals surface area contributed by atoms with Gasteiger partial charge in [0.05, 0.1) is 0 Å². The van der Waals surface area contributed by atoms with E-state index in [0.717, 1.165) is 19.6 Å². The molecule has 0 saturated carbocycles. The van der Waals surface area contributed by atoms with E-state index in [1.165, 1.54) is 0 Å². The highest BCUT2D eigenvalue weighted by atomic mass is 15.2. The second-order valence-electron chi connectivity index (χ2n) is 1.87. The molecular formula is C5H12N2. The van der Waals surface area contributed by atoms with Gasteiger partial charge in [-0.1, -0.05) is 0 Å². The standard InChI is InChI=1S/C5H12N2/c1-7-4-2-6-3-5-7/h6H,2-5H2,1H3/i4D. The van der Waals surface area contributed by atoms with Crippen LogP contribution >= 0.6 is 0 Å². The lowest BCUT2D eigenvalue weighted by molar-refractivity contribution is 0.291. The SMILES string of the molecule is [2H]C1CNCCN1C. The smallest absolute Gasteiger partial charge is 0.0444 e. The van der Waals surface area contributed by atoms with Crippen LogP contribution in [0.4, 0.5) is 0 Å². The molecule has 0 amide bonds. The lowest BCUT2D eigenvalue weighted by Gasteiger charge is -2.21. The molecule has 1 fully saturated rings. The first-order valence-corrected chi connectivity index (χ1v) is 2.64. The van der Waals surface area contributed by atoms with Gasteiger partial charge in [-0.25, -0.2) is 0 Å². The number of likely N-dealkylation sites (N-methyl/N-ethyl adjacent to an activating group) is 1. The summed E-state index contributed by atoms with van der Waals surface area (Å²) in [6, 6.07) is 0. The lowest BCUT2D eigenvalue weighted by Crippen LogP contribution is -2.40. The summed E-state index contributed by atoms with van der Waals surface area (Å²) in [4.78, 5) is 2.04. The molecule has 1 heterocycles. The van der Waals surface area contributed by atoms with E-state index >= 15 is 0 Å². The molecule has 1 aliphatic heterocycles. The second-order valence-corrected chi connectivity index (χ2v) is 1.87. The first-order valence-electron chi connectivity index (χ1n) is 3.21. The number of piperazine rings is 1. The first-order chi connectivity index (χ1) is 3.80. The van der Waals surface area contributed by atoms with E-state index in [-0.39, 0.29) is 6.52 Å². The summed E-state index contributed by atoms with van der Waals surface area (Å²) < 4.78 is 7.34. The first kappa shape index (κ1) is 3.87. The summed E-state index contributed by atoms with van der Waals surface area (Å²) in [5.74, 6) is 0. The Balaban J connectivity index is 2.28. The predicted molar refractivity (Wildman–Crippen MR) is 30.4 cm³/mol. The molecule has 1 N–H and O–H groups in total. The van der Waals surface area contributed by atoms with E-state index in [4.69, 9.17) is 1.37 Å². The minimum atomic E-state index is -0.0243. The molecule has 0 aromatic carbocycles. The van der Waals surface area contributed by atoms with Gasteiger partial charge < -0.3 is 10.2 Å². The van der Waals surface area contributed by atoms with Crippen LogP contribution in [-0.4, -0.2) is 38.1 Å². The monoisotopic (exact) mass is 101 g/mol. The quantitative estimate of drug-likeness (QED) is 0.443. The van der Waals surface area contributed by atoms with Gasteiger partial charge >= 0.3 is 0 Å². The maximum Gasteiger partial charge on any atom is 0.0444 e. The number of rotatable bonds is 0. The fraction of sp³-hybridized carbons (Fsp3) is 1.00. The fourth-order valence-corrected chi connectivity index (χ4v) is 0.669. The maximum atomic E-state index is 7.34. The molecular weight excluding hydrogens is 88.1 g/mol. The van der Waals surface area contributed by atoms with Crippen LogP contribution in [0.2, 0.25) is 0 Å². The molecule has 2 nitrogen and oxygen atoms in total. The maximum absolute atomic E-state index is 7.34. The normalized spacial score (nSPS) is 37.9. The van der Waals surface area contributed by atoms with Gasteiger partial charge in [-0.05, 0) is 7.05 Å². The molecule has 0 aliphatic carbocycles. The van der Waals surface area contributed by atoms with Crippen molar-refractivity contribution in [1.29, 1.82) is 0 Å². The minimum absolute atomic E-state index is 0.0243. The molecule has 42 valence electrons. The summed E-state index contributed by atoms with van der Waals surface area (Å²) in [5.41, 5.74) is 0. The van der Waals surface area contributed by atoms with Gasteiger partial charge in [-0.2, -0.15) is 0 Å². The molecule has 0 radical (unpaired) electrons. The van der Waals surface area contributed by atoms with Crippen molar-refractivity contribution in [2.75, 3.05) is 33.2 Å². The number of nitrogens with one attached hydrogen (secondary N) is 1. The van der Waals surface area contributed by atoms with Crippen LogP contribution in [0.1, 0.15) is 1.37 Å². The minimum Gasteiger partial charge on any atom is -0.314 e. The van der Waals surface area contributed by atoms with Crippen molar-refractivity contribution in [2.24, 2.45) is 0 Å². The number of hydrogen-bond donors (Lipinski definition) is 1. The van der Waals surface area contributed by atoms with Crippen molar-refractivity contribution in [3.8, 4) is 0 Å². The van der Waals surface area contributed by atoms with Crippen LogP contribution in [0.15, 0.2) is 0 Å². The summed E-state index contributed by atoms with van der Waals surface area (Å²) in [7, 11) is 1.98. The van der Waals surface area contributed by atoms with Gasteiger partial charge in [-0.3, -0.25) is 0 Å². The summed E-state index contributed by atoms with van der Waals surface area (Å²) >= 11 is 0. The van der Waals surface area contributed by atoms with Crippen LogP contribution in [0.5, 0.6) is 0 Å². The van der Waals surface area contributed by atoms with Crippen molar-refractivity contribution >= 4 is 0 Å². The van der Waals surface area contributed by atoms with Crippen LogP contribution < -0.4 is 5.32 Å². The van der Waals surface area contributed by atoms with E-state index in [1.807, 2.05) is 11.9 Å². The van der Waals surface area contributed by atoms with Crippen molar-refractivity contribution in [1.82, 2.24) is 10.2 Å². The Morgan fingerprint density at radius 2 is 2.57 bits per heavy atom. The Labute approximate surface area is 45.9 Å². The molecule has 0 aromatic rings. The largest absolute Gasteiger partial charge is 0.314 e. The zero-order valence-electron chi connectivity index (χ0n) is 5.65. The Kier molecular flexibility index (Phi) is 1.26. The number of hydrogen-bond acceptors (Lipinski definition) is 2. The lowest BCUT2D eigenvalue weighted by atomic mass is 10.4. The van der Waals surface area contributed by atoms with Crippen LogP contribution in [0, 0.1) is 0 Å². The molecule has 1 aliphatic rings. The molecule has 0 aromatic heterocycles. The molecule has 2 heteroatoms. The molecule has 1 atom stereocenters. The van der Waals surface area contributed by atoms with E-state index < -0.39 is 0 Å². The highest BCUT2D eigenvalue weighted by Crippen LogP contribution is 1.82. The van der Waals surface area contributed by atoms with Crippen molar-refractivity contribution in [2.45, 2.75) is 0 Å². The van der Waals surface area contributed by atoms with E-state index in [1.54, 1.807) is 0 Å². The van der Waals surface area contributed by atoms with Crippen LogP contribution in [0.25, 0.3) is 0 Å². The van der Waals surface area contributed by atoms with E-state index in [9.17, 15) is 0 Å². The predicted octanol–water partition coefficient (Wildman–Crippen LogP) is -0.479. The third-order valence-corrected chi connectivity index (χ3v) is 1.19. The molecule has 1 saturated heterocycles. The zero-order chi connectivity index (χ0) is 5.98. The fourth-order valence-electron chi connectivity index (χ4n) is 0.669. The third kappa shape index (κ3) is 1.45. The number of nitrogens with zero attached hydrogens (tertiary/aromatic N) is 1. The average molecular weight is 101 g/mol. The van der Waals surface area contributed by atoms with E-state index in [0.29, 0.717) is 0 Å². The van der Waals surface area contributed by atoms with E-state index in [2.05, 4.69) is 5.32 Å². The topological polar surface area (TPSA) is 15.3 Å². The molecule has 1 unspecified atom stereocenters. The van der Waals surface area contributed by atoms with Crippen LogP contribution in [0.3, 0.4) is 0 Å². The van der Waals surface area contributed by atoms with Gasteiger partial charge in [0.15, 0.2) is 0 Å². The molecule has 7 heavy (non-hydrogen) atoms. The Bertz CT molecular complexity index is 66.8. The van der Waals surface area contributed by atoms with Crippen LogP contribution in [-0.2, 0) is 0 Å². The Morgan fingerprint density at radius 3 is 3.00 bits per heavy atom. The van der Waals surface area contributed by atoms with Gasteiger partial charge in [0.2, 0.25) is 0 Å². The second kappa shape index (κ2) is 2.28. The molecule has 0 spiro atoms. The highest BCUT2D eigenvalue weighted by molar-refractivity contribution is 4.62. The average Bonchev–Trinajstić information content (AvgIpc) is 1.77. The zero-order valence-corrected chi connectivity index (χ0v) is 4.65. The van der Waals surface area contributed by atoms with Gasteiger partial charge in [-0.15, -0.1) is 0 Å². The Morgan fingerprint density at radius 1 is 1.71 bits per heavy atom. The van der Waals surface area contributed by atoms with Crippen molar-refractivity contribution < 1.29 is 1.37 Å². The molecule has 0 bridgehead atoms. The van der Waals surface area contributed by atoms with Gasteiger partial charge in [0, 0.05) is 27.5 Å². The highest BCUT2D eigenvalue weighted by Gasteiger charge is 2.01. The third-order valence-electron chi connectivity index (χ3n) is 1.19. The molecule has 1 rings (SSSR count). The summed E-state index contributed by atoms with van der Waals surface area (Å²) in [6.45, 7) is 2.83. The Hall–Kier alpha value is -0.0800.